The lowest BCUT2D eigenvalue weighted by Crippen LogP contribution is -2.37. The van der Waals surface area contributed by atoms with Crippen LogP contribution in [0.15, 0.2) is 48.5 Å². The Morgan fingerprint density at radius 3 is 2.15 bits per heavy atom. The SMILES string of the molecule is CC(C)CCCOC1CCN(c2ccc(-c3nnc(-c4ccc(C(=O)O)cc4)s3)cc2)CC1. The van der Waals surface area contributed by atoms with Gasteiger partial charge in [0, 0.05) is 36.5 Å². The molecule has 4 rings (SSSR count). The molecule has 6 nitrogen and oxygen atoms in total. The minimum atomic E-state index is -0.932. The summed E-state index contributed by atoms with van der Waals surface area (Å²) in [5.74, 6) is -0.187. The third kappa shape index (κ3) is 6.18. The molecule has 0 bridgehead atoms. The molecule has 1 saturated heterocycles. The Hall–Kier alpha value is -2.77. The molecule has 0 saturated carbocycles. The number of piperidine rings is 1. The number of nitrogens with zero attached hydrogens (tertiary/aromatic N) is 3. The molecule has 1 aromatic heterocycles. The summed E-state index contributed by atoms with van der Waals surface area (Å²) < 4.78 is 6.08. The van der Waals surface area contributed by atoms with Crippen molar-refractivity contribution in [1.82, 2.24) is 10.2 Å². The standard InChI is InChI=1S/C26H31N3O3S/c1-18(2)4-3-17-32-23-13-15-29(16-14-23)22-11-9-20(10-12-22)25-28-27-24(33-25)19-5-7-21(8-6-19)26(30)31/h5-12,18,23H,3-4,13-17H2,1-2H3,(H,30,31). The second-order valence-electron chi connectivity index (χ2n) is 8.94. The highest BCUT2D eigenvalue weighted by Crippen LogP contribution is 2.31. The van der Waals surface area contributed by atoms with E-state index in [4.69, 9.17) is 9.84 Å². The van der Waals surface area contributed by atoms with Gasteiger partial charge in [-0.2, -0.15) is 0 Å². The Balaban J connectivity index is 1.31. The van der Waals surface area contributed by atoms with Gasteiger partial charge in [-0.05, 0) is 68.0 Å². The lowest BCUT2D eigenvalue weighted by Gasteiger charge is -2.33. The van der Waals surface area contributed by atoms with Crippen LogP contribution >= 0.6 is 11.3 Å². The van der Waals surface area contributed by atoms with Crippen molar-refractivity contribution < 1.29 is 14.6 Å². The number of aromatic carboxylic acids is 1. The molecule has 174 valence electrons. The molecule has 0 amide bonds. The minimum absolute atomic E-state index is 0.265. The van der Waals surface area contributed by atoms with Crippen molar-refractivity contribution in [2.75, 3.05) is 24.6 Å². The molecule has 33 heavy (non-hydrogen) atoms. The van der Waals surface area contributed by atoms with Crippen molar-refractivity contribution in [3.8, 4) is 21.1 Å². The summed E-state index contributed by atoms with van der Waals surface area (Å²) >= 11 is 1.51. The number of benzene rings is 2. The number of aromatic nitrogens is 2. The van der Waals surface area contributed by atoms with Crippen molar-refractivity contribution in [3.63, 3.8) is 0 Å². The summed E-state index contributed by atoms with van der Waals surface area (Å²) in [5, 5.41) is 19.3. The third-order valence-corrected chi connectivity index (χ3v) is 7.03. The lowest BCUT2D eigenvalue weighted by atomic mass is 10.1. The Kier molecular flexibility index (Phi) is 7.73. The molecule has 2 aromatic carbocycles. The molecule has 7 heteroatoms. The van der Waals surface area contributed by atoms with E-state index in [1.54, 1.807) is 24.3 Å². The topological polar surface area (TPSA) is 75.5 Å². The number of carbonyl (C=O) groups is 1. The second kappa shape index (κ2) is 10.9. The van der Waals surface area contributed by atoms with Gasteiger partial charge in [0.2, 0.25) is 0 Å². The highest BCUT2D eigenvalue weighted by Gasteiger charge is 2.20. The van der Waals surface area contributed by atoms with Crippen LogP contribution in [-0.4, -0.2) is 47.1 Å². The molecular weight excluding hydrogens is 434 g/mol. The summed E-state index contributed by atoms with van der Waals surface area (Å²) in [5.41, 5.74) is 3.40. The smallest absolute Gasteiger partial charge is 0.335 e. The number of hydrogen-bond donors (Lipinski definition) is 1. The van der Waals surface area contributed by atoms with Gasteiger partial charge in [0.25, 0.3) is 0 Å². The van der Waals surface area contributed by atoms with E-state index in [0.29, 0.717) is 6.10 Å². The normalized spacial score (nSPS) is 14.7. The van der Waals surface area contributed by atoms with Crippen molar-refractivity contribution in [2.24, 2.45) is 5.92 Å². The van der Waals surface area contributed by atoms with Crippen molar-refractivity contribution in [2.45, 2.75) is 45.6 Å². The van der Waals surface area contributed by atoms with Gasteiger partial charge in [-0.15, -0.1) is 10.2 Å². The van der Waals surface area contributed by atoms with Crippen molar-refractivity contribution in [1.29, 1.82) is 0 Å². The van der Waals surface area contributed by atoms with Crippen LogP contribution in [0.1, 0.15) is 49.9 Å². The van der Waals surface area contributed by atoms with Crippen LogP contribution in [0.5, 0.6) is 0 Å². The molecule has 1 aliphatic heterocycles. The Morgan fingerprint density at radius 1 is 1.03 bits per heavy atom. The van der Waals surface area contributed by atoms with E-state index in [1.807, 2.05) is 0 Å². The van der Waals surface area contributed by atoms with Crippen LogP contribution < -0.4 is 4.90 Å². The molecular formula is C26H31N3O3S. The predicted molar refractivity (Wildman–Crippen MR) is 133 cm³/mol. The van der Waals surface area contributed by atoms with Crippen molar-refractivity contribution >= 4 is 23.0 Å². The molecule has 1 aliphatic rings. The number of carboxylic acid groups (broad SMARTS) is 1. The number of rotatable bonds is 9. The third-order valence-electron chi connectivity index (χ3n) is 6.00. The number of ether oxygens (including phenoxy) is 1. The van der Waals surface area contributed by atoms with E-state index in [9.17, 15) is 4.79 Å². The first kappa shape index (κ1) is 23.4. The second-order valence-corrected chi connectivity index (χ2v) is 9.91. The summed E-state index contributed by atoms with van der Waals surface area (Å²) in [6, 6.07) is 15.2. The number of carboxylic acids is 1. The fourth-order valence-electron chi connectivity index (χ4n) is 4.05. The fourth-order valence-corrected chi connectivity index (χ4v) is 4.90. The van der Waals surface area contributed by atoms with Crippen molar-refractivity contribution in [3.05, 3.63) is 54.1 Å². The largest absolute Gasteiger partial charge is 0.478 e. The first-order chi connectivity index (χ1) is 16.0. The molecule has 0 radical (unpaired) electrons. The van der Waals surface area contributed by atoms with Gasteiger partial charge in [-0.25, -0.2) is 4.79 Å². The molecule has 2 heterocycles. The maximum absolute atomic E-state index is 11.0. The average Bonchev–Trinajstić information content (AvgIpc) is 3.33. The average molecular weight is 466 g/mol. The van der Waals surface area contributed by atoms with Gasteiger partial charge in [-0.3, -0.25) is 0 Å². The Morgan fingerprint density at radius 2 is 1.61 bits per heavy atom. The number of hydrogen-bond acceptors (Lipinski definition) is 6. The fraction of sp³-hybridized carbons (Fsp3) is 0.423. The van der Waals surface area contributed by atoms with E-state index < -0.39 is 5.97 Å². The van der Waals surface area contributed by atoms with Gasteiger partial charge in [0.1, 0.15) is 10.0 Å². The van der Waals surface area contributed by atoms with Crippen LogP contribution in [0.4, 0.5) is 5.69 Å². The van der Waals surface area contributed by atoms with Crippen LogP contribution in [0.2, 0.25) is 0 Å². The van der Waals surface area contributed by atoms with Gasteiger partial charge in [-0.1, -0.05) is 37.3 Å². The van der Waals surface area contributed by atoms with E-state index in [1.165, 1.54) is 23.4 Å². The lowest BCUT2D eigenvalue weighted by molar-refractivity contribution is 0.0338. The first-order valence-electron chi connectivity index (χ1n) is 11.6. The molecule has 0 spiro atoms. The van der Waals surface area contributed by atoms with Crippen LogP contribution in [0, 0.1) is 5.92 Å². The van der Waals surface area contributed by atoms with Gasteiger partial charge >= 0.3 is 5.97 Å². The monoisotopic (exact) mass is 465 g/mol. The van der Waals surface area contributed by atoms with Crippen LogP contribution in [0.3, 0.4) is 0 Å². The summed E-state index contributed by atoms with van der Waals surface area (Å²) in [4.78, 5) is 13.5. The Bertz CT molecular complexity index is 1040. The van der Waals surface area contributed by atoms with E-state index in [2.05, 4.69) is 53.2 Å². The molecule has 0 aliphatic carbocycles. The van der Waals surface area contributed by atoms with Crippen LogP contribution in [0.25, 0.3) is 21.1 Å². The maximum Gasteiger partial charge on any atom is 0.335 e. The Labute approximate surface area is 199 Å². The molecule has 1 fully saturated rings. The maximum atomic E-state index is 11.0. The zero-order chi connectivity index (χ0) is 23.2. The molecule has 0 unspecified atom stereocenters. The van der Waals surface area contributed by atoms with Crippen LogP contribution in [-0.2, 0) is 4.74 Å². The highest BCUT2D eigenvalue weighted by atomic mass is 32.1. The molecule has 1 N–H and O–H groups in total. The van der Waals surface area contributed by atoms with Gasteiger partial charge < -0.3 is 14.7 Å². The van der Waals surface area contributed by atoms with E-state index in [-0.39, 0.29) is 5.56 Å². The highest BCUT2D eigenvalue weighted by molar-refractivity contribution is 7.17. The van der Waals surface area contributed by atoms with Gasteiger partial charge in [0.05, 0.1) is 11.7 Å². The molecule has 0 atom stereocenters. The summed E-state index contributed by atoms with van der Waals surface area (Å²) in [6.07, 6.45) is 4.92. The molecule has 3 aromatic rings. The minimum Gasteiger partial charge on any atom is -0.478 e. The number of anilines is 1. The first-order valence-corrected chi connectivity index (χ1v) is 12.5. The quantitative estimate of drug-likeness (QED) is 0.391. The summed E-state index contributed by atoms with van der Waals surface area (Å²) in [7, 11) is 0. The van der Waals surface area contributed by atoms with E-state index in [0.717, 1.165) is 66.0 Å². The zero-order valence-corrected chi connectivity index (χ0v) is 20.1. The summed E-state index contributed by atoms with van der Waals surface area (Å²) in [6.45, 7) is 7.43. The zero-order valence-electron chi connectivity index (χ0n) is 19.2. The van der Waals surface area contributed by atoms with Gasteiger partial charge in [0.15, 0.2) is 0 Å². The van der Waals surface area contributed by atoms with E-state index >= 15 is 0 Å². The predicted octanol–water partition coefficient (Wildman–Crippen LogP) is 5.99.